The zero-order valence-electron chi connectivity index (χ0n) is 19.7. The molecule has 186 valence electrons. The topological polar surface area (TPSA) is 90.1 Å². The number of hydrogen-bond donors (Lipinski definition) is 3. The lowest BCUT2D eigenvalue weighted by molar-refractivity contribution is -0.127. The molecule has 1 aromatic carbocycles. The highest BCUT2D eigenvalue weighted by Crippen LogP contribution is 2.46. The molecule has 2 aromatic heterocycles. The molecular weight excluding hydrogens is 484 g/mol. The van der Waals surface area contributed by atoms with E-state index in [2.05, 4.69) is 27.2 Å². The molecule has 36 heavy (non-hydrogen) atoms. The number of carbonyl (C=O) groups excluding carboxylic acids is 2. The Morgan fingerprint density at radius 3 is 2.72 bits per heavy atom. The lowest BCUT2D eigenvalue weighted by atomic mass is 9.72. The summed E-state index contributed by atoms with van der Waals surface area (Å²) in [6.45, 7) is 4.97. The Morgan fingerprint density at radius 2 is 2.03 bits per heavy atom. The Morgan fingerprint density at radius 1 is 1.25 bits per heavy atom. The number of benzene rings is 1. The maximum absolute atomic E-state index is 14.9. The zero-order chi connectivity index (χ0) is 25.4. The summed E-state index contributed by atoms with van der Waals surface area (Å²) < 4.78 is 29.5. The molecule has 0 aliphatic carbocycles. The van der Waals surface area contributed by atoms with E-state index in [1.165, 1.54) is 36.2 Å². The van der Waals surface area contributed by atoms with E-state index in [0.717, 1.165) is 6.20 Å². The molecule has 7 nitrogen and oxygen atoms in total. The van der Waals surface area contributed by atoms with E-state index in [0.29, 0.717) is 65.7 Å². The van der Waals surface area contributed by atoms with Gasteiger partial charge in [0.05, 0.1) is 33.7 Å². The lowest BCUT2D eigenvalue weighted by Crippen LogP contribution is -2.53. The number of thioether (sulfide) groups is 1. The lowest BCUT2D eigenvalue weighted by Gasteiger charge is -2.43. The summed E-state index contributed by atoms with van der Waals surface area (Å²) in [6, 6.07) is 6.20. The smallest absolute Gasteiger partial charge is 0.255 e. The van der Waals surface area contributed by atoms with Crippen LogP contribution in [-0.4, -0.2) is 52.6 Å². The molecular formula is C26H25F2N5O2S. The molecule has 1 fully saturated rings. The largest absolute Gasteiger partial charge is 0.355 e. The number of pyridine rings is 1. The Kier molecular flexibility index (Phi) is 6.29. The van der Waals surface area contributed by atoms with Gasteiger partial charge in [-0.3, -0.25) is 14.6 Å². The van der Waals surface area contributed by atoms with Crippen LogP contribution in [0.25, 0.3) is 11.3 Å². The van der Waals surface area contributed by atoms with E-state index in [9.17, 15) is 18.4 Å². The van der Waals surface area contributed by atoms with Crippen LogP contribution in [0.4, 0.5) is 20.2 Å². The molecule has 5 rings (SSSR count). The molecule has 0 unspecified atom stereocenters. The molecule has 2 aliphatic rings. The fraction of sp³-hybridized carbons (Fsp3) is 0.269. The first-order chi connectivity index (χ1) is 17.4. The highest BCUT2D eigenvalue weighted by atomic mass is 32.2. The van der Waals surface area contributed by atoms with Crippen LogP contribution in [0.1, 0.15) is 28.9 Å². The maximum Gasteiger partial charge on any atom is 0.255 e. The second-order valence-corrected chi connectivity index (χ2v) is 9.74. The summed E-state index contributed by atoms with van der Waals surface area (Å²) in [7, 11) is 0. The van der Waals surface area contributed by atoms with Gasteiger partial charge >= 0.3 is 0 Å². The van der Waals surface area contributed by atoms with Gasteiger partial charge in [0, 0.05) is 42.5 Å². The number of nitrogens with one attached hydrogen (secondary N) is 3. The summed E-state index contributed by atoms with van der Waals surface area (Å²) in [5.74, 6) is -1.38. The Labute approximate surface area is 211 Å². The summed E-state index contributed by atoms with van der Waals surface area (Å²) >= 11 is 1.24. The number of aromatic amines is 1. The van der Waals surface area contributed by atoms with E-state index in [-0.39, 0.29) is 17.4 Å². The molecule has 10 heteroatoms. The van der Waals surface area contributed by atoms with Crippen LogP contribution in [0.15, 0.2) is 54.2 Å². The van der Waals surface area contributed by atoms with Crippen LogP contribution < -0.4 is 10.6 Å². The van der Waals surface area contributed by atoms with Crippen molar-refractivity contribution in [3.8, 4) is 11.3 Å². The van der Waals surface area contributed by atoms with Gasteiger partial charge in [0.1, 0.15) is 5.82 Å². The van der Waals surface area contributed by atoms with Crippen LogP contribution in [0, 0.1) is 11.6 Å². The van der Waals surface area contributed by atoms with Crippen molar-refractivity contribution >= 4 is 35.0 Å². The third-order valence-electron chi connectivity index (χ3n) is 7.02. The van der Waals surface area contributed by atoms with Crippen molar-refractivity contribution in [2.45, 2.75) is 23.2 Å². The van der Waals surface area contributed by atoms with Crippen molar-refractivity contribution in [1.29, 1.82) is 0 Å². The molecule has 3 N–H and O–H groups in total. The maximum atomic E-state index is 14.9. The monoisotopic (exact) mass is 509 g/mol. The SMILES string of the molecule is C=CC(=O)N1CCC2(CC1)CNC(=O)c1c2[nH]c(-c2ccncc2F)c1Nc1cccc(F)c1SC. The fourth-order valence-electron chi connectivity index (χ4n) is 5.12. The predicted octanol–water partition coefficient (Wildman–Crippen LogP) is 4.61. The minimum Gasteiger partial charge on any atom is -0.355 e. The third-order valence-corrected chi connectivity index (χ3v) is 7.85. The van der Waals surface area contributed by atoms with Crippen molar-refractivity contribution in [2.24, 2.45) is 0 Å². The quantitative estimate of drug-likeness (QED) is 0.345. The second kappa shape index (κ2) is 9.42. The number of fused-ring (bicyclic) bond motifs is 2. The number of anilines is 2. The van der Waals surface area contributed by atoms with Crippen LogP contribution in [0.3, 0.4) is 0 Å². The van der Waals surface area contributed by atoms with Gasteiger partial charge in [-0.2, -0.15) is 0 Å². The number of nitrogens with zero attached hydrogens (tertiary/aromatic N) is 2. The highest BCUT2D eigenvalue weighted by Gasteiger charge is 2.46. The number of halogens is 2. The van der Waals surface area contributed by atoms with Gasteiger partial charge < -0.3 is 20.5 Å². The number of H-pyrrole nitrogens is 1. The first-order valence-corrected chi connectivity index (χ1v) is 12.8. The second-order valence-electron chi connectivity index (χ2n) is 8.92. The molecule has 2 aliphatic heterocycles. The molecule has 0 bridgehead atoms. The summed E-state index contributed by atoms with van der Waals surface area (Å²) in [4.78, 5) is 34.7. The summed E-state index contributed by atoms with van der Waals surface area (Å²) in [5, 5.41) is 6.23. The average molecular weight is 510 g/mol. The van der Waals surface area contributed by atoms with Crippen molar-refractivity contribution in [3.63, 3.8) is 0 Å². The molecule has 4 heterocycles. The number of hydrogen-bond acceptors (Lipinski definition) is 5. The minimum absolute atomic E-state index is 0.131. The number of carbonyl (C=O) groups is 2. The van der Waals surface area contributed by atoms with E-state index in [1.807, 2.05) is 0 Å². The van der Waals surface area contributed by atoms with Gasteiger partial charge in [-0.25, -0.2) is 8.78 Å². The predicted molar refractivity (Wildman–Crippen MR) is 135 cm³/mol. The van der Waals surface area contributed by atoms with Gasteiger partial charge in [0.25, 0.3) is 5.91 Å². The van der Waals surface area contributed by atoms with Crippen LogP contribution in [-0.2, 0) is 10.2 Å². The van der Waals surface area contributed by atoms with Gasteiger partial charge in [-0.05, 0) is 43.4 Å². The van der Waals surface area contributed by atoms with Crippen LogP contribution in [0.5, 0.6) is 0 Å². The molecule has 1 spiro atoms. The van der Waals surface area contributed by atoms with Gasteiger partial charge in [0.2, 0.25) is 5.91 Å². The first-order valence-electron chi connectivity index (χ1n) is 11.5. The number of aromatic nitrogens is 2. The van der Waals surface area contributed by atoms with Crippen LogP contribution >= 0.6 is 11.8 Å². The van der Waals surface area contributed by atoms with E-state index < -0.39 is 17.0 Å². The molecule has 3 aromatic rings. The van der Waals surface area contributed by atoms with E-state index >= 15 is 0 Å². The van der Waals surface area contributed by atoms with E-state index in [4.69, 9.17) is 0 Å². The van der Waals surface area contributed by atoms with Gasteiger partial charge in [-0.1, -0.05) is 12.6 Å². The van der Waals surface area contributed by atoms with Crippen molar-refractivity contribution in [3.05, 3.63) is 72.2 Å². The molecule has 0 atom stereocenters. The minimum atomic E-state index is -0.552. The molecule has 0 radical (unpaired) electrons. The Bertz CT molecular complexity index is 1360. The normalized spacial score (nSPS) is 16.4. The van der Waals surface area contributed by atoms with Gasteiger partial charge in [0.15, 0.2) is 5.82 Å². The van der Waals surface area contributed by atoms with Gasteiger partial charge in [-0.15, -0.1) is 11.8 Å². The van der Waals surface area contributed by atoms with Crippen molar-refractivity contribution in [1.82, 2.24) is 20.2 Å². The number of likely N-dealkylation sites (tertiary alicyclic amines) is 1. The molecule has 1 saturated heterocycles. The zero-order valence-corrected chi connectivity index (χ0v) is 20.5. The number of amides is 2. The average Bonchev–Trinajstić information content (AvgIpc) is 3.27. The standard InChI is InChI=1S/C26H25F2N5O2S/c1-3-19(34)33-11-8-26(9-12-33)14-30-25(35)20-22(31-18-6-4-5-16(27)23(18)36-2)21(32-24(20)26)15-7-10-29-13-17(15)28/h3-7,10,13,31-32H,1,8-9,11-12,14H2,2H3,(H,30,35). The van der Waals surface area contributed by atoms with Crippen molar-refractivity contribution in [2.75, 3.05) is 31.2 Å². The highest BCUT2D eigenvalue weighted by molar-refractivity contribution is 7.98. The number of rotatable bonds is 5. The van der Waals surface area contributed by atoms with E-state index in [1.54, 1.807) is 23.3 Å². The Balaban J connectivity index is 1.67. The summed E-state index contributed by atoms with van der Waals surface area (Å²) in [5.41, 5.74) is 2.06. The first kappa shape index (κ1) is 24.1. The molecule has 2 amide bonds. The third kappa shape index (κ3) is 3.95. The summed E-state index contributed by atoms with van der Waals surface area (Å²) in [6.07, 6.45) is 6.87. The molecule has 0 saturated carbocycles. The number of piperidine rings is 1. The van der Waals surface area contributed by atoms with Crippen LogP contribution in [0.2, 0.25) is 0 Å². The Hall–Kier alpha value is -3.66. The van der Waals surface area contributed by atoms with Crippen molar-refractivity contribution < 1.29 is 18.4 Å². The fourth-order valence-corrected chi connectivity index (χ4v) is 5.72.